The van der Waals surface area contributed by atoms with Crippen molar-refractivity contribution in [2.75, 3.05) is 46.3 Å². The third kappa shape index (κ3) is 3.27. The molecule has 3 fully saturated rings. The summed E-state index contributed by atoms with van der Waals surface area (Å²) in [6, 6.07) is 0. The van der Waals surface area contributed by atoms with Gasteiger partial charge in [-0.1, -0.05) is 0 Å². The van der Waals surface area contributed by atoms with E-state index in [1.807, 2.05) is 9.47 Å². The maximum absolute atomic E-state index is 13.0. The Morgan fingerprint density at radius 1 is 1.03 bits per heavy atom. The fraction of sp³-hybridized carbons (Fsp3) is 0.714. The number of likely N-dealkylation sites (tertiary alicyclic amines) is 1. The second-order valence-electron chi connectivity index (χ2n) is 9.24. The zero-order valence-corrected chi connectivity index (χ0v) is 17.1. The first-order valence-electron chi connectivity index (χ1n) is 10.9. The molecule has 0 radical (unpaired) electrons. The van der Waals surface area contributed by atoms with E-state index in [-0.39, 0.29) is 28.7 Å². The number of aromatic nitrogens is 2. The van der Waals surface area contributed by atoms with E-state index in [0.717, 1.165) is 64.1 Å². The number of fused-ring (bicyclic) bond motifs is 2. The van der Waals surface area contributed by atoms with Crippen LogP contribution < -0.4 is 5.56 Å². The monoisotopic (exact) mass is 399 g/mol. The van der Waals surface area contributed by atoms with Gasteiger partial charge in [-0.3, -0.25) is 14.4 Å². The summed E-state index contributed by atoms with van der Waals surface area (Å²) in [6.07, 6.45) is 6.38. The van der Waals surface area contributed by atoms with Crippen molar-refractivity contribution in [2.45, 2.75) is 44.1 Å². The lowest BCUT2D eigenvalue weighted by Gasteiger charge is -2.24. The zero-order chi connectivity index (χ0) is 20.2. The van der Waals surface area contributed by atoms with E-state index in [1.165, 1.54) is 0 Å². The molecule has 4 aliphatic rings. The molecule has 0 aromatic carbocycles. The number of carbonyl (C=O) groups excluding carboxylic acids is 2. The Balaban J connectivity index is 1.38. The average molecular weight is 399 g/mol. The topological polar surface area (TPSA) is 78.8 Å². The molecule has 1 atom stereocenters. The molecule has 0 N–H and O–H groups in total. The normalized spacial score (nSPS) is 27.3. The molecule has 156 valence electrons. The fourth-order valence-corrected chi connectivity index (χ4v) is 5.14. The number of amides is 2. The van der Waals surface area contributed by atoms with Gasteiger partial charge in [-0.15, -0.1) is 0 Å². The van der Waals surface area contributed by atoms with E-state index in [4.69, 9.17) is 0 Å². The highest BCUT2D eigenvalue weighted by Gasteiger charge is 2.49. The van der Waals surface area contributed by atoms with Crippen LogP contribution in [-0.4, -0.2) is 82.4 Å². The molecule has 4 heterocycles. The Morgan fingerprint density at radius 3 is 2.62 bits per heavy atom. The molecule has 0 unspecified atom stereocenters. The second-order valence-corrected chi connectivity index (χ2v) is 9.24. The third-order valence-corrected chi connectivity index (χ3v) is 7.13. The summed E-state index contributed by atoms with van der Waals surface area (Å²) in [5.41, 5.74) is -0.470. The smallest absolute Gasteiger partial charge is 0.285 e. The maximum Gasteiger partial charge on any atom is 0.285 e. The van der Waals surface area contributed by atoms with Gasteiger partial charge in [0.15, 0.2) is 0 Å². The minimum absolute atomic E-state index is 0.180. The lowest BCUT2D eigenvalue weighted by molar-refractivity contribution is -0.131. The number of rotatable bonds is 2. The highest BCUT2D eigenvalue weighted by atomic mass is 16.2. The van der Waals surface area contributed by atoms with Gasteiger partial charge in [0, 0.05) is 56.8 Å². The Kier molecular flexibility index (Phi) is 4.49. The minimum Gasteiger partial charge on any atom is -0.341 e. The molecule has 29 heavy (non-hydrogen) atoms. The highest BCUT2D eigenvalue weighted by Crippen LogP contribution is 2.43. The predicted molar refractivity (Wildman–Crippen MR) is 107 cm³/mol. The second kappa shape index (κ2) is 6.93. The van der Waals surface area contributed by atoms with E-state index in [1.54, 1.807) is 11.1 Å². The molecule has 5 rings (SSSR count). The van der Waals surface area contributed by atoms with Gasteiger partial charge in [-0.05, 0) is 45.7 Å². The third-order valence-electron chi connectivity index (χ3n) is 7.13. The molecule has 0 bridgehead atoms. The summed E-state index contributed by atoms with van der Waals surface area (Å²) in [4.78, 5) is 48.7. The van der Waals surface area contributed by atoms with Crippen molar-refractivity contribution in [2.24, 2.45) is 5.92 Å². The fourth-order valence-electron chi connectivity index (χ4n) is 5.14. The summed E-state index contributed by atoms with van der Waals surface area (Å²) in [5, 5.41) is 0. The summed E-state index contributed by atoms with van der Waals surface area (Å²) in [5.74, 6) is 1.04. The summed E-state index contributed by atoms with van der Waals surface area (Å²) < 4.78 is 1.99. The molecular weight excluding hydrogens is 370 g/mol. The van der Waals surface area contributed by atoms with Crippen LogP contribution in [0.1, 0.15) is 48.3 Å². The Hall–Kier alpha value is -2.22. The van der Waals surface area contributed by atoms with Crippen LogP contribution in [0.5, 0.6) is 0 Å². The lowest BCUT2D eigenvalue weighted by Crippen LogP contribution is -2.39. The number of hydrogen-bond donors (Lipinski definition) is 0. The minimum atomic E-state index is -0.424. The molecule has 1 aliphatic carbocycles. The van der Waals surface area contributed by atoms with E-state index in [0.29, 0.717) is 19.6 Å². The summed E-state index contributed by atoms with van der Waals surface area (Å²) in [7, 11) is 2.05. The van der Waals surface area contributed by atoms with Crippen LogP contribution in [-0.2, 0) is 16.8 Å². The quantitative estimate of drug-likeness (QED) is 0.715. The number of aryl methyl sites for hydroxylation is 1. The van der Waals surface area contributed by atoms with Crippen molar-refractivity contribution in [3.63, 3.8) is 0 Å². The van der Waals surface area contributed by atoms with Gasteiger partial charge in [0.2, 0.25) is 5.91 Å². The molecule has 2 amide bonds. The Labute approximate surface area is 170 Å². The van der Waals surface area contributed by atoms with Gasteiger partial charge in [0.1, 0.15) is 11.4 Å². The van der Waals surface area contributed by atoms with Gasteiger partial charge in [-0.25, -0.2) is 0 Å². The first kappa shape index (κ1) is 18.8. The molecule has 3 aliphatic heterocycles. The number of carbonyl (C=O) groups is 2. The number of likely N-dealkylation sites (N-methyl/N-ethyl adjacent to an activating group) is 1. The van der Waals surface area contributed by atoms with Crippen molar-refractivity contribution < 1.29 is 9.59 Å². The van der Waals surface area contributed by atoms with Crippen LogP contribution in [0.25, 0.3) is 0 Å². The molecular formula is C21H29N5O3. The number of hydrogen-bond acceptors (Lipinski definition) is 5. The molecule has 1 saturated carbocycles. The van der Waals surface area contributed by atoms with Crippen LogP contribution in [0.3, 0.4) is 0 Å². The first-order valence-corrected chi connectivity index (χ1v) is 10.9. The largest absolute Gasteiger partial charge is 0.341 e. The molecule has 1 aromatic rings. The van der Waals surface area contributed by atoms with Crippen LogP contribution in [0.15, 0.2) is 11.0 Å². The van der Waals surface area contributed by atoms with Crippen molar-refractivity contribution in [3.05, 3.63) is 27.9 Å². The van der Waals surface area contributed by atoms with E-state index >= 15 is 0 Å². The van der Waals surface area contributed by atoms with Crippen molar-refractivity contribution in [1.82, 2.24) is 24.3 Å². The van der Waals surface area contributed by atoms with Gasteiger partial charge in [-0.2, -0.15) is 4.98 Å². The van der Waals surface area contributed by atoms with Crippen molar-refractivity contribution >= 4 is 11.8 Å². The van der Waals surface area contributed by atoms with Gasteiger partial charge in [0.25, 0.3) is 11.5 Å². The molecule has 8 nitrogen and oxygen atoms in total. The average Bonchev–Trinajstić information content (AvgIpc) is 3.44. The highest BCUT2D eigenvalue weighted by molar-refractivity contribution is 5.93. The summed E-state index contributed by atoms with van der Waals surface area (Å²) in [6.45, 7) is 5.24. The van der Waals surface area contributed by atoms with Crippen LogP contribution in [0.4, 0.5) is 0 Å². The SMILES string of the molecule is CN1CCCN(C(=O)c2cn3c(nc2=O)[C@@]2(CCN(C(=O)C4CC4)C2)CC3)CC1. The molecule has 1 aromatic heterocycles. The predicted octanol–water partition coefficient (Wildman–Crippen LogP) is 0.305. The Morgan fingerprint density at radius 2 is 1.83 bits per heavy atom. The van der Waals surface area contributed by atoms with E-state index < -0.39 is 5.56 Å². The summed E-state index contributed by atoms with van der Waals surface area (Å²) >= 11 is 0. The van der Waals surface area contributed by atoms with Gasteiger partial charge >= 0.3 is 0 Å². The standard InChI is InChI=1S/C21H29N5O3/c1-23-7-2-8-24(12-11-23)19(29)16-13-25-9-5-21(20(25)22-17(16)27)6-10-26(14-21)18(28)15-3-4-15/h13,15H,2-12,14H2,1H3/t21-/m1/s1. The molecule has 1 spiro atoms. The van der Waals surface area contributed by atoms with Crippen LogP contribution >= 0.6 is 0 Å². The zero-order valence-electron chi connectivity index (χ0n) is 17.1. The van der Waals surface area contributed by atoms with Gasteiger partial charge < -0.3 is 19.3 Å². The lowest BCUT2D eigenvalue weighted by atomic mass is 9.85. The van der Waals surface area contributed by atoms with E-state index in [2.05, 4.69) is 16.9 Å². The van der Waals surface area contributed by atoms with Gasteiger partial charge in [0.05, 0.1) is 0 Å². The maximum atomic E-state index is 13.0. The van der Waals surface area contributed by atoms with Crippen LogP contribution in [0.2, 0.25) is 0 Å². The van der Waals surface area contributed by atoms with Crippen molar-refractivity contribution in [1.29, 1.82) is 0 Å². The molecule has 2 saturated heterocycles. The van der Waals surface area contributed by atoms with E-state index in [9.17, 15) is 14.4 Å². The Bertz CT molecular complexity index is 908. The molecule has 8 heteroatoms. The number of nitrogens with zero attached hydrogens (tertiary/aromatic N) is 5. The van der Waals surface area contributed by atoms with Crippen molar-refractivity contribution in [3.8, 4) is 0 Å². The van der Waals surface area contributed by atoms with Crippen LogP contribution in [0, 0.1) is 5.92 Å². The first-order chi connectivity index (χ1) is 14.0.